The van der Waals surface area contributed by atoms with Gasteiger partial charge in [0.25, 0.3) is 0 Å². The van der Waals surface area contributed by atoms with Crippen molar-refractivity contribution < 1.29 is 0 Å². The van der Waals surface area contributed by atoms with E-state index in [1.54, 1.807) is 11.8 Å². The highest BCUT2D eigenvalue weighted by Crippen LogP contribution is 2.27. The average molecular weight is 274 g/mol. The Hall–Kier alpha value is 0.01000. The van der Waals surface area contributed by atoms with Crippen LogP contribution in [0.4, 0.5) is 0 Å². The van der Waals surface area contributed by atoms with Crippen molar-refractivity contribution >= 4 is 27.7 Å². The Balaban J connectivity index is 2.90. The van der Waals surface area contributed by atoms with E-state index in [0.717, 1.165) is 17.4 Å². The first-order valence-electron chi connectivity index (χ1n) is 4.72. The van der Waals surface area contributed by atoms with Gasteiger partial charge in [-0.3, -0.25) is 0 Å². The van der Waals surface area contributed by atoms with Crippen molar-refractivity contribution in [2.75, 3.05) is 12.8 Å². The van der Waals surface area contributed by atoms with Crippen LogP contribution in [0.15, 0.2) is 27.6 Å². The molecule has 0 aliphatic heterocycles. The van der Waals surface area contributed by atoms with Crippen LogP contribution in [0.2, 0.25) is 0 Å². The third kappa shape index (κ3) is 3.30. The molecule has 1 unspecified atom stereocenters. The lowest BCUT2D eigenvalue weighted by Gasteiger charge is -2.12. The van der Waals surface area contributed by atoms with Crippen molar-refractivity contribution in [1.29, 1.82) is 0 Å². The molecule has 0 amide bonds. The summed E-state index contributed by atoms with van der Waals surface area (Å²) >= 11 is 5.30. The van der Waals surface area contributed by atoms with Crippen LogP contribution < -0.4 is 5.73 Å². The summed E-state index contributed by atoms with van der Waals surface area (Å²) in [6, 6.07) is 6.57. The Morgan fingerprint density at radius 1 is 1.43 bits per heavy atom. The molecule has 1 aromatic rings. The van der Waals surface area contributed by atoms with Gasteiger partial charge in [0.1, 0.15) is 0 Å². The van der Waals surface area contributed by atoms with Crippen molar-refractivity contribution in [2.45, 2.75) is 24.2 Å². The highest BCUT2D eigenvalue weighted by molar-refractivity contribution is 9.10. The van der Waals surface area contributed by atoms with Gasteiger partial charge >= 0.3 is 0 Å². The van der Waals surface area contributed by atoms with Crippen molar-refractivity contribution in [3.8, 4) is 0 Å². The predicted octanol–water partition coefficient (Wildman–Crippen LogP) is 3.62. The topological polar surface area (TPSA) is 26.0 Å². The van der Waals surface area contributed by atoms with E-state index in [2.05, 4.69) is 47.3 Å². The third-order valence-corrected chi connectivity index (χ3v) is 3.46. The number of nitrogens with two attached hydrogens (primary N) is 1. The van der Waals surface area contributed by atoms with E-state index in [-0.39, 0.29) is 0 Å². The molecule has 14 heavy (non-hydrogen) atoms. The van der Waals surface area contributed by atoms with Crippen LogP contribution in [-0.2, 0) is 0 Å². The summed E-state index contributed by atoms with van der Waals surface area (Å²) in [5.41, 5.74) is 6.93. The summed E-state index contributed by atoms with van der Waals surface area (Å²) in [5, 5.41) is 0. The van der Waals surface area contributed by atoms with Crippen molar-refractivity contribution in [1.82, 2.24) is 0 Å². The molecule has 0 heterocycles. The fourth-order valence-electron chi connectivity index (χ4n) is 1.40. The lowest BCUT2D eigenvalue weighted by atomic mass is 9.98. The fourth-order valence-corrected chi connectivity index (χ4v) is 2.56. The number of rotatable bonds is 4. The van der Waals surface area contributed by atoms with Crippen LogP contribution in [0.1, 0.15) is 24.8 Å². The second-order valence-electron chi connectivity index (χ2n) is 3.40. The third-order valence-electron chi connectivity index (χ3n) is 2.30. The molecule has 1 atom stereocenters. The molecular weight excluding hydrogens is 258 g/mol. The minimum Gasteiger partial charge on any atom is -0.330 e. The van der Waals surface area contributed by atoms with Crippen LogP contribution in [0, 0.1) is 0 Å². The second-order valence-corrected chi connectivity index (χ2v) is 5.20. The summed E-state index contributed by atoms with van der Waals surface area (Å²) < 4.78 is 1.16. The maximum Gasteiger partial charge on any atom is 0.0189 e. The van der Waals surface area contributed by atoms with Gasteiger partial charge in [0, 0.05) is 9.37 Å². The lowest BCUT2D eigenvalue weighted by molar-refractivity contribution is 0.688. The fraction of sp³-hybridized carbons (Fsp3) is 0.455. The van der Waals surface area contributed by atoms with Crippen molar-refractivity contribution in [3.63, 3.8) is 0 Å². The van der Waals surface area contributed by atoms with Crippen LogP contribution in [0.25, 0.3) is 0 Å². The van der Waals surface area contributed by atoms with Gasteiger partial charge in [-0.2, -0.15) is 0 Å². The quantitative estimate of drug-likeness (QED) is 0.848. The van der Waals surface area contributed by atoms with Gasteiger partial charge in [-0.1, -0.05) is 22.9 Å². The molecule has 0 fully saturated rings. The first-order valence-corrected chi connectivity index (χ1v) is 6.73. The van der Waals surface area contributed by atoms with E-state index in [1.165, 1.54) is 10.5 Å². The van der Waals surface area contributed by atoms with Crippen LogP contribution in [-0.4, -0.2) is 12.8 Å². The monoisotopic (exact) mass is 273 g/mol. The number of benzene rings is 1. The molecular formula is C11H16BrNS. The molecule has 0 aromatic heterocycles. The van der Waals surface area contributed by atoms with Gasteiger partial charge in [0.15, 0.2) is 0 Å². The molecule has 3 heteroatoms. The van der Waals surface area contributed by atoms with Gasteiger partial charge in [0.2, 0.25) is 0 Å². The maximum absolute atomic E-state index is 5.56. The zero-order valence-electron chi connectivity index (χ0n) is 8.59. The minimum absolute atomic E-state index is 0.545. The molecule has 1 rings (SSSR count). The van der Waals surface area contributed by atoms with E-state index in [0.29, 0.717) is 5.92 Å². The molecule has 2 N–H and O–H groups in total. The molecule has 0 bridgehead atoms. The number of thioether (sulfide) groups is 1. The molecule has 0 saturated carbocycles. The van der Waals surface area contributed by atoms with E-state index < -0.39 is 0 Å². The summed E-state index contributed by atoms with van der Waals surface area (Å²) in [6.45, 7) is 2.97. The molecule has 1 nitrogen and oxygen atoms in total. The normalized spacial score (nSPS) is 12.9. The van der Waals surface area contributed by atoms with Crippen molar-refractivity contribution in [3.05, 3.63) is 28.2 Å². The predicted molar refractivity (Wildman–Crippen MR) is 68.0 cm³/mol. The standard InChI is InChI=1S/C11H16BrNS/c1-8(3-4-13)9-5-10(12)7-11(6-9)14-2/h5-8H,3-4,13H2,1-2H3. The zero-order chi connectivity index (χ0) is 10.6. The zero-order valence-corrected chi connectivity index (χ0v) is 11.0. The Morgan fingerprint density at radius 2 is 2.14 bits per heavy atom. The van der Waals surface area contributed by atoms with Gasteiger partial charge in [0.05, 0.1) is 0 Å². The Morgan fingerprint density at radius 3 is 2.71 bits per heavy atom. The minimum atomic E-state index is 0.545. The SMILES string of the molecule is CSc1cc(Br)cc(C(C)CCN)c1. The molecule has 1 aromatic carbocycles. The molecule has 78 valence electrons. The lowest BCUT2D eigenvalue weighted by Crippen LogP contribution is -2.04. The second kappa shape index (κ2) is 5.79. The molecule has 0 saturated heterocycles. The summed E-state index contributed by atoms with van der Waals surface area (Å²) in [5.74, 6) is 0.545. The Kier molecular flexibility index (Phi) is 4.99. The van der Waals surface area contributed by atoms with Crippen LogP contribution in [0.5, 0.6) is 0 Å². The Bertz CT molecular complexity index is 301. The molecule has 0 radical (unpaired) electrons. The molecule has 0 spiro atoms. The number of hydrogen-bond acceptors (Lipinski definition) is 2. The van der Waals surface area contributed by atoms with Crippen LogP contribution >= 0.6 is 27.7 Å². The van der Waals surface area contributed by atoms with Gasteiger partial charge in [-0.25, -0.2) is 0 Å². The van der Waals surface area contributed by atoms with Gasteiger partial charge in [-0.15, -0.1) is 11.8 Å². The highest BCUT2D eigenvalue weighted by Gasteiger charge is 2.06. The first kappa shape index (κ1) is 12.1. The van der Waals surface area contributed by atoms with E-state index in [4.69, 9.17) is 5.73 Å². The molecule has 0 aliphatic carbocycles. The highest BCUT2D eigenvalue weighted by atomic mass is 79.9. The largest absolute Gasteiger partial charge is 0.330 e. The maximum atomic E-state index is 5.56. The smallest absolute Gasteiger partial charge is 0.0189 e. The number of halogens is 1. The summed E-state index contributed by atoms with van der Waals surface area (Å²) in [4.78, 5) is 1.30. The van der Waals surface area contributed by atoms with Gasteiger partial charge in [-0.05, 0) is 48.9 Å². The van der Waals surface area contributed by atoms with E-state index in [9.17, 15) is 0 Å². The first-order chi connectivity index (χ1) is 6.67. The summed E-state index contributed by atoms with van der Waals surface area (Å²) in [6.07, 6.45) is 3.14. The Labute approximate surface area is 98.6 Å². The van der Waals surface area contributed by atoms with Crippen LogP contribution in [0.3, 0.4) is 0 Å². The molecule has 0 aliphatic rings. The van der Waals surface area contributed by atoms with Gasteiger partial charge < -0.3 is 5.73 Å². The average Bonchev–Trinajstić information content (AvgIpc) is 2.17. The van der Waals surface area contributed by atoms with E-state index >= 15 is 0 Å². The number of hydrogen-bond donors (Lipinski definition) is 1. The van der Waals surface area contributed by atoms with E-state index in [1.807, 2.05) is 0 Å². The summed E-state index contributed by atoms with van der Waals surface area (Å²) in [7, 11) is 0. The van der Waals surface area contributed by atoms with Crippen molar-refractivity contribution in [2.24, 2.45) is 5.73 Å².